The van der Waals surface area contributed by atoms with Crippen LogP contribution in [0.4, 0.5) is 26.3 Å². The van der Waals surface area contributed by atoms with Crippen molar-refractivity contribution in [1.29, 1.82) is 0 Å². The molecule has 1 aromatic heterocycles. The summed E-state index contributed by atoms with van der Waals surface area (Å²) < 4.78 is 89.4. The highest BCUT2D eigenvalue weighted by Crippen LogP contribution is 2.39. The molecule has 0 aliphatic carbocycles. The van der Waals surface area contributed by atoms with Crippen LogP contribution in [-0.4, -0.2) is 35.0 Å². The maximum Gasteiger partial charge on any atom is 0.416 e. The Morgan fingerprint density at radius 1 is 0.974 bits per heavy atom. The quantitative estimate of drug-likeness (QED) is 0.224. The number of amides is 1. The number of carbonyl (C=O) groups excluding carboxylic acids is 1. The minimum Gasteiger partial charge on any atom is -0.625 e. The first-order valence-electron chi connectivity index (χ1n) is 11.5. The van der Waals surface area contributed by atoms with Crippen molar-refractivity contribution in [1.82, 2.24) is 4.98 Å². The molecule has 6 nitrogen and oxygen atoms in total. The van der Waals surface area contributed by atoms with E-state index in [2.05, 4.69) is 4.98 Å². The van der Waals surface area contributed by atoms with E-state index < -0.39 is 58.5 Å². The number of carbonyl (C=O) groups is 1. The number of pyridine rings is 1. The monoisotopic (exact) mass is 540 g/mol. The predicted molar refractivity (Wildman–Crippen MR) is 122 cm³/mol. The molecule has 1 aliphatic rings. The van der Waals surface area contributed by atoms with E-state index in [-0.39, 0.29) is 25.6 Å². The Labute approximate surface area is 213 Å². The highest BCUT2D eigenvalue weighted by Gasteiger charge is 2.47. The summed E-state index contributed by atoms with van der Waals surface area (Å²) in [5.74, 6) is -0.720. The second-order valence-corrected chi connectivity index (χ2v) is 8.77. The van der Waals surface area contributed by atoms with Crippen LogP contribution in [0.1, 0.15) is 33.9 Å². The molecule has 1 amide bonds. The SMILES string of the molecule is O=C(Cc1cccnc1)[N+]1([O-])CCOC(OCc2cc(C(F)(F)F)cc(C(F)(F)F)c2)C1c1ccccc1. The third kappa shape index (κ3) is 6.21. The van der Waals surface area contributed by atoms with Gasteiger partial charge in [-0.3, -0.25) is 9.63 Å². The molecule has 0 spiro atoms. The lowest BCUT2D eigenvalue weighted by Crippen LogP contribution is -2.60. The summed E-state index contributed by atoms with van der Waals surface area (Å²) >= 11 is 0. The van der Waals surface area contributed by atoms with Gasteiger partial charge in [0.2, 0.25) is 6.29 Å². The normalized spacial score (nSPS) is 22.3. The summed E-state index contributed by atoms with van der Waals surface area (Å²) in [6, 6.07) is 11.2. The summed E-state index contributed by atoms with van der Waals surface area (Å²) in [6.45, 7) is -1.20. The van der Waals surface area contributed by atoms with Crippen LogP contribution in [0.15, 0.2) is 73.1 Å². The summed E-state index contributed by atoms with van der Waals surface area (Å²) in [5, 5.41) is 14.1. The minimum atomic E-state index is -5.02. The Morgan fingerprint density at radius 2 is 1.63 bits per heavy atom. The number of ether oxygens (including phenoxy) is 2. The number of aromatic nitrogens is 1. The molecule has 3 aromatic rings. The van der Waals surface area contributed by atoms with Gasteiger partial charge in [-0.05, 0) is 35.4 Å². The second-order valence-electron chi connectivity index (χ2n) is 8.77. The molecule has 4 rings (SSSR count). The van der Waals surface area contributed by atoms with E-state index in [4.69, 9.17) is 9.47 Å². The van der Waals surface area contributed by atoms with E-state index in [0.29, 0.717) is 23.3 Å². The first-order chi connectivity index (χ1) is 17.9. The molecule has 38 heavy (non-hydrogen) atoms. The zero-order valence-corrected chi connectivity index (χ0v) is 19.7. The summed E-state index contributed by atoms with van der Waals surface area (Å²) in [7, 11) is 0. The van der Waals surface area contributed by atoms with Gasteiger partial charge in [-0.2, -0.15) is 26.3 Å². The smallest absolute Gasteiger partial charge is 0.416 e. The molecule has 0 radical (unpaired) electrons. The van der Waals surface area contributed by atoms with Crippen LogP contribution in [0.25, 0.3) is 0 Å². The first-order valence-corrected chi connectivity index (χ1v) is 11.5. The van der Waals surface area contributed by atoms with Crippen molar-refractivity contribution in [3.8, 4) is 0 Å². The first kappa shape index (κ1) is 27.7. The van der Waals surface area contributed by atoms with Gasteiger partial charge >= 0.3 is 18.3 Å². The fourth-order valence-corrected chi connectivity index (χ4v) is 4.29. The highest BCUT2D eigenvalue weighted by atomic mass is 19.4. The van der Waals surface area contributed by atoms with Crippen molar-refractivity contribution >= 4 is 5.91 Å². The molecule has 2 heterocycles. The van der Waals surface area contributed by atoms with Crippen molar-refractivity contribution in [2.75, 3.05) is 13.2 Å². The lowest BCUT2D eigenvalue weighted by Gasteiger charge is -2.51. The van der Waals surface area contributed by atoms with Gasteiger partial charge in [-0.25, -0.2) is 4.79 Å². The molecule has 3 unspecified atom stereocenters. The van der Waals surface area contributed by atoms with Crippen molar-refractivity contribution < 1.29 is 45.3 Å². The van der Waals surface area contributed by atoms with E-state index in [1.807, 2.05) is 0 Å². The van der Waals surface area contributed by atoms with Crippen LogP contribution in [0.2, 0.25) is 0 Å². The fraction of sp³-hybridized carbons (Fsp3) is 0.308. The van der Waals surface area contributed by atoms with E-state index in [1.165, 1.54) is 12.4 Å². The number of morpholine rings is 1. The molecule has 3 atom stereocenters. The number of hydrogen-bond donors (Lipinski definition) is 0. The van der Waals surface area contributed by atoms with Crippen LogP contribution in [0.5, 0.6) is 0 Å². The molecule has 2 aromatic carbocycles. The van der Waals surface area contributed by atoms with Crippen molar-refractivity contribution in [3.05, 3.63) is 106 Å². The summed E-state index contributed by atoms with van der Waals surface area (Å²) in [6.07, 6.45) is -8.75. The number of hydroxylamine groups is 3. The molecular weight excluding hydrogens is 518 g/mol. The molecule has 0 saturated carbocycles. The molecule has 0 bridgehead atoms. The molecule has 202 valence electrons. The fourth-order valence-electron chi connectivity index (χ4n) is 4.29. The van der Waals surface area contributed by atoms with E-state index in [9.17, 15) is 36.3 Å². The second kappa shape index (κ2) is 10.8. The van der Waals surface area contributed by atoms with Crippen molar-refractivity contribution in [2.24, 2.45) is 0 Å². The number of rotatable bonds is 6. The molecule has 1 saturated heterocycles. The Balaban J connectivity index is 1.64. The largest absolute Gasteiger partial charge is 0.625 e. The van der Waals surface area contributed by atoms with Crippen LogP contribution < -0.4 is 0 Å². The Bertz CT molecular complexity index is 1220. The van der Waals surface area contributed by atoms with Gasteiger partial charge in [0.05, 0.1) is 30.8 Å². The Morgan fingerprint density at radius 3 is 2.21 bits per heavy atom. The third-order valence-corrected chi connectivity index (χ3v) is 6.12. The lowest BCUT2D eigenvalue weighted by atomic mass is 10.0. The maximum atomic E-state index is 14.1. The van der Waals surface area contributed by atoms with Gasteiger partial charge in [-0.15, -0.1) is 0 Å². The standard InChI is InChI=1S/C26H22F6N2O4/c27-25(28,29)20-11-18(12-21(14-20)26(30,31)32)16-38-24-23(19-6-2-1-3-7-19)34(36,9-10-37-24)22(35)13-17-5-4-8-33-15-17/h1-8,11-12,14-15,23-24H,9-10,13,16H2. The lowest BCUT2D eigenvalue weighted by molar-refractivity contribution is -0.858. The average molecular weight is 540 g/mol. The number of halogens is 6. The number of alkyl halides is 6. The van der Waals surface area contributed by atoms with Crippen LogP contribution in [0.3, 0.4) is 0 Å². The topological polar surface area (TPSA) is 71.5 Å². The van der Waals surface area contributed by atoms with Gasteiger partial charge in [-0.1, -0.05) is 36.4 Å². The van der Waals surface area contributed by atoms with Crippen LogP contribution >= 0.6 is 0 Å². The van der Waals surface area contributed by atoms with E-state index in [0.717, 1.165) is 0 Å². The number of hydrogen-bond acceptors (Lipinski definition) is 5. The molecular formula is C26H22F6N2O4. The zero-order chi connectivity index (χ0) is 27.6. The predicted octanol–water partition coefficient (Wildman–Crippen LogP) is 5.82. The zero-order valence-electron chi connectivity index (χ0n) is 19.7. The van der Waals surface area contributed by atoms with Gasteiger partial charge in [0.25, 0.3) is 0 Å². The van der Waals surface area contributed by atoms with Crippen LogP contribution in [-0.2, 0) is 39.6 Å². The van der Waals surface area contributed by atoms with E-state index in [1.54, 1.807) is 42.5 Å². The Kier molecular flexibility index (Phi) is 7.88. The molecule has 1 aliphatic heterocycles. The average Bonchev–Trinajstić information content (AvgIpc) is 2.87. The molecule has 0 N–H and O–H groups in total. The highest BCUT2D eigenvalue weighted by molar-refractivity contribution is 5.72. The number of nitrogens with zero attached hydrogens (tertiary/aromatic N) is 2. The van der Waals surface area contributed by atoms with Crippen LogP contribution in [0, 0.1) is 5.21 Å². The summed E-state index contributed by atoms with van der Waals surface area (Å²) in [5.41, 5.74) is -2.53. The number of quaternary nitrogens is 1. The maximum absolute atomic E-state index is 14.1. The van der Waals surface area contributed by atoms with Crippen molar-refractivity contribution in [3.63, 3.8) is 0 Å². The Hall–Kier alpha value is -3.32. The third-order valence-electron chi connectivity index (χ3n) is 6.12. The van der Waals surface area contributed by atoms with Gasteiger partial charge < -0.3 is 14.7 Å². The van der Waals surface area contributed by atoms with Gasteiger partial charge in [0.1, 0.15) is 6.54 Å². The molecule has 12 heteroatoms. The van der Waals surface area contributed by atoms with Crippen molar-refractivity contribution in [2.45, 2.75) is 37.7 Å². The van der Waals surface area contributed by atoms with Gasteiger partial charge in [0, 0.05) is 18.0 Å². The summed E-state index contributed by atoms with van der Waals surface area (Å²) in [4.78, 5) is 17.2. The number of benzene rings is 2. The molecule has 1 fully saturated rings. The van der Waals surface area contributed by atoms with Gasteiger partial charge in [0.15, 0.2) is 6.04 Å². The minimum absolute atomic E-state index is 0.0179. The van der Waals surface area contributed by atoms with E-state index >= 15 is 0 Å².